The van der Waals surface area contributed by atoms with Crippen molar-refractivity contribution in [2.75, 3.05) is 13.7 Å². The number of hydrogen-bond acceptors (Lipinski definition) is 5. The van der Waals surface area contributed by atoms with E-state index in [-0.39, 0.29) is 24.3 Å². The fourth-order valence-corrected chi connectivity index (χ4v) is 2.39. The van der Waals surface area contributed by atoms with Gasteiger partial charge in [0.25, 0.3) is 0 Å². The Bertz CT molecular complexity index is 419. The molecule has 0 aliphatic carbocycles. The molecule has 102 valence electrons. The van der Waals surface area contributed by atoms with Crippen molar-refractivity contribution < 1.29 is 14.1 Å². The predicted molar refractivity (Wildman–Crippen MR) is 69.3 cm³/mol. The Labute approximate surface area is 113 Å². The van der Waals surface area contributed by atoms with Crippen LogP contribution < -0.4 is 5.32 Å². The van der Waals surface area contributed by atoms with Crippen molar-refractivity contribution >= 4 is 18.4 Å². The van der Waals surface area contributed by atoms with Gasteiger partial charge in [-0.2, -0.15) is 0 Å². The summed E-state index contributed by atoms with van der Waals surface area (Å²) in [6, 6.07) is 0.435. The molecule has 0 radical (unpaired) electrons. The van der Waals surface area contributed by atoms with Crippen LogP contribution in [-0.2, 0) is 4.74 Å². The molecule has 0 amide bonds. The minimum Gasteiger partial charge on any atom is -0.465 e. The summed E-state index contributed by atoms with van der Waals surface area (Å²) < 4.78 is 10.1. The molecular weight excluding hydrogens is 256 g/mol. The lowest BCUT2D eigenvalue weighted by atomic mass is 9.89. The molecule has 0 saturated carbocycles. The molecule has 1 aliphatic rings. The summed E-state index contributed by atoms with van der Waals surface area (Å²) in [5.74, 6) is 0.578. The number of nitrogens with one attached hydrogen (secondary N) is 1. The zero-order chi connectivity index (χ0) is 12.4. The van der Waals surface area contributed by atoms with Crippen molar-refractivity contribution in [3.8, 4) is 0 Å². The van der Waals surface area contributed by atoms with Crippen molar-refractivity contribution in [3.63, 3.8) is 0 Å². The van der Waals surface area contributed by atoms with Crippen LogP contribution in [0, 0.1) is 6.92 Å². The maximum atomic E-state index is 11.7. The van der Waals surface area contributed by atoms with Crippen molar-refractivity contribution in [1.29, 1.82) is 0 Å². The van der Waals surface area contributed by atoms with Crippen molar-refractivity contribution in [2.45, 2.75) is 38.6 Å². The van der Waals surface area contributed by atoms with Gasteiger partial charge in [-0.1, -0.05) is 5.16 Å². The Morgan fingerprint density at radius 2 is 2.28 bits per heavy atom. The van der Waals surface area contributed by atoms with E-state index < -0.39 is 0 Å². The van der Waals surface area contributed by atoms with Crippen LogP contribution in [0.4, 0.5) is 0 Å². The van der Waals surface area contributed by atoms with E-state index in [9.17, 15) is 4.79 Å². The molecule has 2 atom stereocenters. The Balaban J connectivity index is 0.00000162. The van der Waals surface area contributed by atoms with Gasteiger partial charge in [0.05, 0.1) is 12.8 Å². The number of aryl methyl sites for hydroxylation is 1. The van der Waals surface area contributed by atoms with Crippen molar-refractivity contribution in [2.24, 2.45) is 0 Å². The lowest BCUT2D eigenvalue weighted by molar-refractivity contribution is 0.0596. The van der Waals surface area contributed by atoms with E-state index in [2.05, 4.69) is 17.4 Å². The number of carbonyl (C=O) groups is 1. The van der Waals surface area contributed by atoms with Crippen LogP contribution in [0.2, 0.25) is 0 Å². The first-order chi connectivity index (χ1) is 8.13. The highest BCUT2D eigenvalue weighted by Gasteiger charge is 2.30. The molecule has 1 aromatic rings. The van der Waals surface area contributed by atoms with Crippen LogP contribution in [-0.4, -0.2) is 30.8 Å². The standard InChI is InChI=1S/C12H18N2O3.ClH/c1-7-6-9(4-5-13-7)11-10(12(15)16-3)8(2)14-17-11;/h7,9,13H,4-6H2,1-3H3;1H. The summed E-state index contributed by atoms with van der Waals surface area (Å²) in [6.45, 7) is 4.84. The van der Waals surface area contributed by atoms with E-state index in [1.54, 1.807) is 6.92 Å². The van der Waals surface area contributed by atoms with E-state index in [0.717, 1.165) is 19.4 Å². The monoisotopic (exact) mass is 274 g/mol. The molecule has 6 heteroatoms. The molecule has 0 bridgehead atoms. The van der Waals surface area contributed by atoms with Crippen LogP contribution in [0.25, 0.3) is 0 Å². The topological polar surface area (TPSA) is 64.4 Å². The molecule has 5 nitrogen and oxygen atoms in total. The normalized spacial score (nSPS) is 23.3. The second-order valence-corrected chi connectivity index (χ2v) is 4.58. The quantitative estimate of drug-likeness (QED) is 0.836. The van der Waals surface area contributed by atoms with Crippen molar-refractivity contribution in [3.05, 3.63) is 17.0 Å². The van der Waals surface area contributed by atoms with Gasteiger partial charge in [-0.15, -0.1) is 12.4 Å². The third-order valence-corrected chi connectivity index (χ3v) is 3.27. The minimum absolute atomic E-state index is 0. The number of rotatable bonds is 2. The van der Waals surface area contributed by atoms with E-state index in [1.165, 1.54) is 7.11 Å². The lowest BCUT2D eigenvalue weighted by Gasteiger charge is -2.26. The minimum atomic E-state index is -0.357. The number of piperidine rings is 1. The van der Waals surface area contributed by atoms with Crippen LogP contribution in [0.5, 0.6) is 0 Å². The van der Waals surface area contributed by atoms with Gasteiger partial charge in [0.15, 0.2) is 5.76 Å². The smallest absolute Gasteiger partial charge is 0.343 e. The van der Waals surface area contributed by atoms with Gasteiger partial charge in [-0.25, -0.2) is 4.79 Å². The summed E-state index contributed by atoms with van der Waals surface area (Å²) >= 11 is 0. The first-order valence-electron chi connectivity index (χ1n) is 5.91. The Morgan fingerprint density at radius 3 is 2.89 bits per heavy atom. The van der Waals surface area contributed by atoms with Crippen LogP contribution in [0.3, 0.4) is 0 Å². The van der Waals surface area contributed by atoms with Gasteiger partial charge < -0.3 is 14.6 Å². The molecule has 18 heavy (non-hydrogen) atoms. The van der Waals surface area contributed by atoms with Gasteiger partial charge in [-0.3, -0.25) is 0 Å². The first kappa shape index (κ1) is 15.0. The highest BCUT2D eigenvalue weighted by molar-refractivity contribution is 5.91. The second kappa shape index (κ2) is 6.20. The highest BCUT2D eigenvalue weighted by atomic mass is 35.5. The highest BCUT2D eigenvalue weighted by Crippen LogP contribution is 2.31. The van der Waals surface area contributed by atoms with Gasteiger partial charge in [0.2, 0.25) is 0 Å². The van der Waals surface area contributed by atoms with E-state index in [0.29, 0.717) is 23.1 Å². The summed E-state index contributed by atoms with van der Waals surface area (Å²) in [5, 5.41) is 7.26. The number of ether oxygens (including phenoxy) is 1. The Kier molecular flexibility index (Phi) is 5.16. The van der Waals surface area contributed by atoms with Crippen molar-refractivity contribution in [1.82, 2.24) is 10.5 Å². The molecule has 1 saturated heterocycles. The van der Waals surface area contributed by atoms with E-state index >= 15 is 0 Å². The summed E-state index contributed by atoms with van der Waals surface area (Å²) in [4.78, 5) is 11.7. The van der Waals surface area contributed by atoms with Gasteiger partial charge >= 0.3 is 5.97 Å². The zero-order valence-corrected chi connectivity index (χ0v) is 11.7. The number of methoxy groups -OCH3 is 1. The Hall–Kier alpha value is -1.07. The third kappa shape index (κ3) is 2.84. The summed E-state index contributed by atoms with van der Waals surface area (Å²) in [7, 11) is 1.38. The van der Waals surface area contributed by atoms with Crippen LogP contribution in [0.1, 0.15) is 47.5 Å². The molecule has 0 aromatic carbocycles. The first-order valence-corrected chi connectivity index (χ1v) is 5.91. The van der Waals surface area contributed by atoms with Gasteiger partial charge in [0.1, 0.15) is 5.56 Å². The van der Waals surface area contributed by atoms with Crippen LogP contribution >= 0.6 is 12.4 Å². The zero-order valence-electron chi connectivity index (χ0n) is 10.9. The average molecular weight is 275 g/mol. The number of halogens is 1. The molecular formula is C12H19ClN2O3. The van der Waals surface area contributed by atoms with Gasteiger partial charge in [-0.05, 0) is 33.2 Å². The van der Waals surface area contributed by atoms with Crippen LogP contribution in [0.15, 0.2) is 4.52 Å². The molecule has 1 fully saturated rings. The molecule has 2 heterocycles. The average Bonchev–Trinajstić information content (AvgIpc) is 2.70. The summed E-state index contributed by atoms with van der Waals surface area (Å²) in [5.41, 5.74) is 1.12. The van der Waals surface area contributed by atoms with E-state index in [4.69, 9.17) is 9.26 Å². The maximum absolute atomic E-state index is 11.7. The fraction of sp³-hybridized carbons (Fsp3) is 0.667. The molecule has 1 aliphatic heterocycles. The third-order valence-electron chi connectivity index (χ3n) is 3.27. The predicted octanol–water partition coefficient (Wildman–Crippen LogP) is 2.05. The largest absolute Gasteiger partial charge is 0.465 e. The lowest BCUT2D eigenvalue weighted by Crippen LogP contribution is -2.35. The molecule has 1 aromatic heterocycles. The second-order valence-electron chi connectivity index (χ2n) is 4.58. The summed E-state index contributed by atoms with van der Waals surface area (Å²) in [6.07, 6.45) is 1.92. The van der Waals surface area contributed by atoms with Gasteiger partial charge in [0, 0.05) is 12.0 Å². The Morgan fingerprint density at radius 1 is 1.56 bits per heavy atom. The SMILES string of the molecule is COC(=O)c1c(C)noc1C1CCNC(C)C1.Cl. The number of carbonyl (C=O) groups excluding carboxylic acids is 1. The fourth-order valence-electron chi connectivity index (χ4n) is 2.39. The molecule has 0 spiro atoms. The molecule has 1 N–H and O–H groups in total. The molecule has 2 unspecified atom stereocenters. The van der Waals surface area contributed by atoms with E-state index in [1.807, 2.05) is 0 Å². The number of hydrogen-bond donors (Lipinski definition) is 1. The number of aromatic nitrogens is 1. The number of nitrogens with zero attached hydrogens (tertiary/aromatic N) is 1. The maximum Gasteiger partial charge on any atom is 0.343 e. The molecule has 2 rings (SSSR count). The number of esters is 1.